The van der Waals surface area contributed by atoms with E-state index in [1.54, 1.807) is 12.2 Å². The zero-order valence-corrected chi connectivity index (χ0v) is 9.67. The topological polar surface area (TPSA) is 32.3 Å². The molecule has 1 saturated heterocycles. The number of unbranched alkanes of at least 4 members (excludes halogenated alkanes) is 1. The standard InChI is InChI=1S/C12H22N2O/c1-2-7-12(15)13-8-3-4-9-14-10-5-6-11-14/h2,7H,3-6,8-11H2,1H3,(H,13,15)/b7-2+. The van der Waals surface area contributed by atoms with Crippen molar-refractivity contribution in [2.75, 3.05) is 26.2 Å². The predicted molar refractivity (Wildman–Crippen MR) is 62.7 cm³/mol. The first kappa shape index (κ1) is 12.2. The third-order valence-electron chi connectivity index (χ3n) is 2.72. The lowest BCUT2D eigenvalue weighted by atomic mass is 10.3. The molecule has 1 fully saturated rings. The van der Waals surface area contributed by atoms with Gasteiger partial charge in [0.2, 0.25) is 5.91 Å². The molecular weight excluding hydrogens is 188 g/mol. The molecule has 1 N–H and O–H groups in total. The van der Waals surface area contributed by atoms with Gasteiger partial charge >= 0.3 is 0 Å². The summed E-state index contributed by atoms with van der Waals surface area (Å²) in [6, 6.07) is 0. The van der Waals surface area contributed by atoms with Gasteiger partial charge < -0.3 is 10.2 Å². The predicted octanol–water partition coefficient (Wildman–Crippen LogP) is 1.55. The number of likely N-dealkylation sites (tertiary alicyclic amines) is 1. The fourth-order valence-corrected chi connectivity index (χ4v) is 1.89. The smallest absolute Gasteiger partial charge is 0.243 e. The number of amides is 1. The molecule has 0 aromatic heterocycles. The summed E-state index contributed by atoms with van der Waals surface area (Å²) >= 11 is 0. The van der Waals surface area contributed by atoms with E-state index >= 15 is 0 Å². The summed E-state index contributed by atoms with van der Waals surface area (Å²) in [7, 11) is 0. The zero-order chi connectivity index (χ0) is 10.9. The van der Waals surface area contributed by atoms with E-state index in [2.05, 4.69) is 10.2 Å². The quantitative estimate of drug-likeness (QED) is 0.533. The summed E-state index contributed by atoms with van der Waals surface area (Å²) < 4.78 is 0. The van der Waals surface area contributed by atoms with E-state index in [-0.39, 0.29) is 5.91 Å². The average molecular weight is 210 g/mol. The summed E-state index contributed by atoms with van der Waals surface area (Å²) in [5.74, 6) is 0.0265. The van der Waals surface area contributed by atoms with Crippen LogP contribution in [-0.2, 0) is 4.79 Å². The van der Waals surface area contributed by atoms with Gasteiger partial charge in [-0.15, -0.1) is 0 Å². The molecule has 15 heavy (non-hydrogen) atoms. The van der Waals surface area contributed by atoms with Crippen molar-refractivity contribution in [3.05, 3.63) is 12.2 Å². The van der Waals surface area contributed by atoms with Crippen LogP contribution in [0, 0.1) is 0 Å². The van der Waals surface area contributed by atoms with Crippen molar-refractivity contribution >= 4 is 5.91 Å². The van der Waals surface area contributed by atoms with Gasteiger partial charge in [0.05, 0.1) is 0 Å². The van der Waals surface area contributed by atoms with Crippen molar-refractivity contribution in [2.45, 2.75) is 32.6 Å². The third kappa shape index (κ3) is 5.57. The fraction of sp³-hybridized carbons (Fsp3) is 0.750. The third-order valence-corrected chi connectivity index (χ3v) is 2.72. The van der Waals surface area contributed by atoms with Gasteiger partial charge in [-0.25, -0.2) is 0 Å². The average Bonchev–Trinajstić information content (AvgIpc) is 2.70. The van der Waals surface area contributed by atoms with Crippen molar-refractivity contribution in [3.63, 3.8) is 0 Å². The van der Waals surface area contributed by atoms with Gasteiger partial charge in [0.25, 0.3) is 0 Å². The van der Waals surface area contributed by atoms with Crippen LogP contribution in [0.25, 0.3) is 0 Å². The second-order valence-electron chi connectivity index (χ2n) is 4.05. The first-order valence-electron chi connectivity index (χ1n) is 5.96. The molecule has 1 rings (SSSR count). The van der Waals surface area contributed by atoms with Crippen LogP contribution < -0.4 is 5.32 Å². The second kappa shape index (κ2) is 7.46. The Balaban J connectivity index is 1.90. The van der Waals surface area contributed by atoms with E-state index < -0.39 is 0 Å². The van der Waals surface area contributed by atoms with Gasteiger partial charge in [-0.05, 0) is 58.3 Å². The second-order valence-corrected chi connectivity index (χ2v) is 4.05. The molecule has 1 amide bonds. The molecule has 1 aliphatic heterocycles. The Kier molecular flexibility index (Phi) is 6.09. The van der Waals surface area contributed by atoms with E-state index in [1.165, 1.54) is 38.9 Å². The van der Waals surface area contributed by atoms with Gasteiger partial charge in [0.15, 0.2) is 0 Å². The van der Waals surface area contributed by atoms with Crippen LogP contribution in [0.4, 0.5) is 0 Å². The molecule has 0 bridgehead atoms. The number of carbonyl (C=O) groups excluding carboxylic acids is 1. The first-order chi connectivity index (χ1) is 7.33. The van der Waals surface area contributed by atoms with Crippen molar-refractivity contribution in [2.24, 2.45) is 0 Å². The lowest BCUT2D eigenvalue weighted by molar-refractivity contribution is -0.116. The number of nitrogens with zero attached hydrogens (tertiary/aromatic N) is 1. The number of hydrogen-bond acceptors (Lipinski definition) is 2. The number of hydrogen-bond donors (Lipinski definition) is 1. The highest BCUT2D eigenvalue weighted by molar-refractivity contribution is 5.87. The Labute approximate surface area is 92.5 Å². The van der Waals surface area contributed by atoms with Crippen molar-refractivity contribution in [3.8, 4) is 0 Å². The molecule has 3 nitrogen and oxygen atoms in total. The van der Waals surface area contributed by atoms with Gasteiger partial charge in [0, 0.05) is 6.54 Å². The molecule has 1 heterocycles. The maximum atomic E-state index is 11.1. The van der Waals surface area contributed by atoms with Gasteiger partial charge in [-0.3, -0.25) is 4.79 Å². The normalized spacial score (nSPS) is 17.4. The number of rotatable bonds is 6. The highest BCUT2D eigenvalue weighted by atomic mass is 16.1. The highest BCUT2D eigenvalue weighted by Crippen LogP contribution is 2.07. The molecule has 0 aromatic rings. The van der Waals surface area contributed by atoms with Crippen molar-refractivity contribution in [1.29, 1.82) is 0 Å². The SMILES string of the molecule is C/C=C/C(=O)NCCCCN1CCCC1. The van der Waals surface area contributed by atoms with Gasteiger partial charge in [0.1, 0.15) is 0 Å². The molecule has 0 spiro atoms. The summed E-state index contributed by atoms with van der Waals surface area (Å²) in [5.41, 5.74) is 0. The van der Waals surface area contributed by atoms with Gasteiger partial charge in [-0.1, -0.05) is 6.08 Å². The minimum atomic E-state index is 0.0265. The summed E-state index contributed by atoms with van der Waals surface area (Å²) in [4.78, 5) is 13.6. The van der Waals surface area contributed by atoms with Crippen LogP contribution in [-0.4, -0.2) is 37.0 Å². The Morgan fingerprint density at radius 1 is 1.33 bits per heavy atom. The lowest BCUT2D eigenvalue weighted by Crippen LogP contribution is -2.24. The Morgan fingerprint density at radius 3 is 2.73 bits per heavy atom. The van der Waals surface area contributed by atoms with Crippen molar-refractivity contribution in [1.82, 2.24) is 10.2 Å². The number of carbonyl (C=O) groups is 1. The van der Waals surface area contributed by atoms with E-state index in [9.17, 15) is 4.79 Å². The van der Waals surface area contributed by atoms with E-state index in [4.69, 9.17) is 0 Å². The summed E-state index contributed by atoms with van der Waals surface area (Å²) in [6.07, 6.45) is 8.33. The maximum absolute atomic E-state index is 11.1. The first-order valence-corrected chi connectivity index (χ1v) is 5.96. The van der Waals surface area contributed by atoms with E-state index in [1.807, 2.05) is 6.92 Å². The van der Waals surface area contributed by atoms with Crippen LogP contribution in [0.1, 0.15) is 32.6 Å². The molecular formula is C12H22N2O. The lowest BCUT2D eigenvalue weighted by Gasteiger charge is -2.13. The minimum absolute atomic E-state index is 0.0265. The Bertz CT molecular complexity index is 208. The monoisotopic (exact) mass is 210 g/mol. The summed E-state index contributed by atoms with van der Waals surface area (Å²) in [6.45, 7) is 6.39. The molecule has 1 aliphatic rings. The van der Waals surface area contributed by atoms with Crippen molar-refractivity contribution < 1.29 is 4.79 Å². The summed E-state index contributed by atoms with van der Waals surface area (Å²) in [5, 5.41) is 2.86. The van der Waals surface area contributed by atoms with E-state index in [0.29, 0.717) is 0 Å². The van der Waals surface area contributed by atoms with Crippen LogP contribution >= 0.6 is 0 Å². The molecule has 0 unspecified atom stereocenters. The maximum Gasteiger partial charge on any atom is 0.243 e. The molecule has 0 aromatic carbocycles. The van der Waals surface area contributed by atoms with Crippen LogP contribution in [0.15, 0.2) is 12.2 Å². The van der Waals surface area contributed by atoms with Gasteiger partial charge in [-0.2, -0.15) is 0 Å². The zero-order valence-electron chi connectivity index (χ0n) is 9.67. The number of allylic oxidation sites excluding steroid dienone is 1. The molecule has 0 radical (unpaired) electrons. The Morgan fingerprint density at radius 2 is 2.07 bits per heavy atom. The number of nitrogens with one attached hydrogen (secondary N) is 1. The van der Waals surface area contributed by atoms with Crippen LogP contribution in [0.3, 0.4) is 0 Å². The molecule has 0 atom stereocenters. The Hall–Kier alpha value is -0.830. The largest absolute Gasteiger partial charge is 0.353 e. The fourth-order valence-electron chi connectivity index (χ4n) is 1.89. The van der Waals surface area contributed by atoms with Crippen LogP contribution in [0.5, 0.6) is 0 Å². The molecule has 86 valence electrons. The molecule has 3 heteroatoms. The minimum Gasteiger partial charge on any atom is -0.353 e. The van der Waals surface area contributed by atoms with E-state index in [0.717, 1.165) is 13.0 Å². The highest BCUT2D eigenvalue weighted by Gasteiger charge is 2.09. The molecule has 0 saturated carbocycles. The molecule has 0 aliphatic carbocycles. The van der Waals surface area contributed by atoms with Crippen LogP contribution in [0.2, 0.25) is 0 Å².